The Hall–Kier alpha value is -1.71. The molecule has 1 rings (SSSR count). The molecule has 0 saturated carbocycles. The molecule has 1 aromatic rings. The zero-order valence-corrected chi connectivity index (χ0v) is 6.66. The van der Waals surface area contributed by atoms with E-state index in [1.54, 1.807) is 19.2 Å². The average molecular weight is 163 g/mol. The van der Waals surface area contributed by atoms with E-state index in [2.05, 4.69) is 10.3 Å². The SMILES string of the molecule is CNC(=O)c1ccc(C=N)cn1. The lowest BCUT2D eigenvalue weighted by Gasteiger charge is -1.97. The second-order valence-corrected chi connectivity index (χ2v) is 2.20. The summed E-state index contributed by atoms with van der Waals surface area (Å²) in [5, 5.41) is 9.36. The molecule has 0 radical (unpaired) electrons. The maximum atomic E-state index is 11.0. The van der Waals surface area contributed by atoms with Gasteiger partial charge in [0.05, 0.1) is 0 Å². The topological polar surface area (TPSA) is 65.8 Å². The first kappa shape index (κ1) is 8.39. The Bertz CT molecular complexity index is 292. The van der Waals surface area contributed by atoms with Crippen LogP contribution in [0.3, 0.4) is 0 Å². The van der Waals surface area contributed by atoms with Crippen LogP contribution in [0.5, 0.6) is 0 Å². The Morgan fingerprint density at radius 1 is 1.67 bits per heavy atom. The van der Waals surface area contributed by atoms with Crippen LogP contribution in [0.15, 0.2) is 18.3 Å². The van der Waals surface area contributed by atoms with Gasteiger partial charge in [-0.25, -0.2) is 0 Å². The van der Waals surface area contributed by atoms with Crippen LogP contribution in [0.4, 0.5) is 0 Å². The predicted octanol–water partition coefficient (Wildman–Crippen LogP) is 0.439. The van der Waals surface area contributed by atoms with E-state index in [-0.39, 0.29) is 5.91 Å². The van der Waals surface area contributed by atoms with Crippen LogP contribution in [0.2, 0.25) is 0 Å². The van der Waals surface area contributed by atoms with E-state index in [0.29, 0.717) is 11.3 Å². The minimum atomic E-state index is -0.216. The van der Waals surface area contributed by atoms with E-state index in [4.69, 9.17) is 5.41 Å². The zero-order chi connectivity index (χ0) is 8.97. The third-order valence-electron chi connectivity index (χ3n) is 1.41. The van der Waals surface area contributed by atoms with Gasteiger partial charge in [-0.05, 0) is 12.1 Å². The van der Waals surface area contributed by atoms with Crippen LogP contribution in [0.25, 0.3) is 0 Å². The molecule has 0 aliphatic heterocycles. The van der Waals surface area contributed by atoms with Gasteiger partial charge in [0.2, 0.25) is 0 Å². The summed E-state index contributed by atoms with van der Waals surface area (Å²) in [6, 6.07) is 3.25. The van der Waals surface area contributed by atoms with Crippen molar-refractivity contribution in [2.45, 2.75) is 0 Å². The van der Waals surface area contributed by atoms with Crippen molar-refractivity contribution in [1.29, 1.82) is 5.41 Å². The van der Waals surface area contributed by atoms with Crippen molar-refractivity contribution in [2.75, 3.05) is 7.05 Å². The summed E-state index contributed by atoms with van der Waals surface area (Å²) in [7, 11) is 1.55. The lowest BCUT2D eigenvalue weighted by Crippen LogP contribution is -2.18. The largest absolute Gasteiger partial charge is 0.354 e. The maximum Gasteiger partial charge on any atom is 0.269 e. The van der Waals surface area contributed by atoms with E-state index in [1.807, 2.05) is 0 Å². The highest BCUT2D eigenvalue weighted by Gasteiger charge is 2.02. The zero-order valence-electron chi connectivity index (χ0n) is 6.66. The Kier molecular flexibility index (Phi) is 2.53. The van der Waals surface area contributed by atoms with Crippen molar-refractivity contribution in [3.8, 4) is 0 Å². The number of hydrogen-bond donors (Lipinski definition) is 2. The highest BCUT2D eigenvalue weighted by molar-refractivity contribution is 5.92. The normalized spacial score (nSPS) is 9.08. The fourth-order valence-corrected chi connectivity index (χ4v) is 0.753. The van der Waals surface area contributed by atoms with Crippen molar-refractivity contribution < 1.29 is 4.79 Å². The van der Waals surface area contributed by atoms with Crippen molar-refractivity contribution in [3.05, 3.63) is 29.6 Å². The average Bonchev–Trinajstić information content (AvgIpc) is 2.17. The van der Waals surface area contributed by atoms with E-state index in [9.17, 15) is 4.79 Å². The molecule has 1 heterocycles. The quantitative estimate of drug-likeness (QED) is 0.621. The Morgan fingerprint density at radius 3 is 2.83 bits per heavy atom. The standard InChI is InChI=1S/C8H9N3O/c1-10-8(12)7-3-2-6(4-9)5-11-7/h2-5,9H,1H3,(H,10,12). The smallest absolute Gasteiger partial charge is 0.269 e. The van der Waals surface area contributed by atoms with Crippen LogP contribution < -0.4 is 5.32 Å². The number of nitrogens with one attached hydrogen (secondary N) is 2. The minimum absolute atomic E-state index is 0.216. The van der Waals surface area contributed by atoms with Gasteiger partial charge < -0.3 is 10.7 Å². The van der Waals surface area contributed by atoms with Crippen LogP contribution in [-0.2, 0) is 0 Å². The van der Waals surface area contributed by atoms with Crippen molar-refractivity contribution in [1.82, 2.24) is 10.3 Å². The summed E-state index contributed by atoms with van der Waals surface area (Å²) in [4.78, 5) is 14.8. The fourth-order valence-electron chi connectivity index (χ4n) is 0.753. The molecule has 0 aromatic carbocycles. The first-order chi connectivity index (χ1) is 5.77. The summed E-state index contributed by atoms with van der Waals surface area (Å²) in [6.45, 7) is 0. The van der Waals surface area contributed by atoms with Gasteiger partial charge in [0.1, 0.15) is 5.69 Å². The molecule has 1 aromatic heterocycles. The highest BCUT2D eigenvalue weighted by atomic mass is 16.1. The number of carbonyl (C=O) groups excluding carboxylic acids is 1. The van der Waals surface area contributed by atoms with Gasteiger partial charge in [0.15, 0.2) is 0 Å². The molecule has 0 fully saturated rings. The molecule has 4 nitrogen and oxygen atoms in total. The number of aromatic nitrogens is 1. The van der Waals surface area contributed by atoms with Gasteiger partial charge >= 0.3 is 0 Å². The summed E-state index contributed by atoms with van der Waals surface area (Å²) in [5.74, 6) is -0.216. The number of nitrogens with zero attached hydrogens (tertiary/aromatic N) is 1. The lowest BCUT2D eigenvalue weighted by atomic mass is 10.2. The van der Waals surface area contributed by atoms with E-state index in [0.717, 1.165) is 0 Å². The maximum absolute atomic E-state index is 11.0. The fraction of sp³-hybridized carbons (Fsp3) is 0.125. The number of hydrogen-bond acceptors (Lipinski definition) is 3. The van der Waals surface area contributed by atoms with E-state index in [1.165, 1.54) is 12.4 Å². The molecule has 0 aliphatic carbocycles. The summed E-state index contributed by atoms with van der Waals surface area (Å²) >= 11 is 0. The molecule has 12 heavy (non-hydrogen) atoms. The van der Waals surface area contributed by atoms with Crippen LogP contribution in [0, 0.1) is 5.41 Å². The third kappa shape index (κ3) is 1.66. The second kappa shape index (κ2) is 3.61. The predicted molar refractivity (Wildman–Crippen MR) is 45.5 cm³/mol. The number of pyridine rings is 1. The van der Waals surface area contributed by atoms with Gasteiger partial charge in [-0.15, -0.1) is 0 Å². The van der Waals surface area contributed by atoms with Crippen molar-refractivity contribution in [2.24, 2.45) is 0 Å². The van der Waals surface area contributed by atoms with Gasteiger partial charge in [-0.1, -0.05) is 0 Å². The van der Waals surface area contributed by atoms with Crippen LogP contribution in [0.1, 0.15) is 16.1 Å². The molecule has 0 bridgehead atoms. The molecular weight excluding hydrogens is 154 g/mol. The molecule has 2 N–H and O–H groups in total. The number of rotatable bonds is 2. The van der Waals surface area contributed by atoms with Gasteiger partial charge in [-0.2, -0.15) is 0 Å². The number of carbonyl (C=O) groups is 1. The molecule has 0 atom stereocenters. The molecule has 0 saturated heterocycles. The van der Waals surface area contributed by atoms with Gasteiger partial charge in [-0.3, -0.25) is 9.78 Å². The molecule has 62 valence electrons. The third-order valence-corrected chi connectivity index (χ3v) is 1.41. The van der Waals surface area contributed by atoms with E-state index >= 15 is 0 Å². The monoisotopic (exact) mass is 163 g/mol. The Balaban J connectivity index is 2.91. The van der Waals surface area contributed by atoms with Gasteiger partial charge in [0, 0.05) is 25.0 Å². The summed E-state index contributed by atoms with van der Waals surface area (Å²) < 4.78 is 0. The Labute approximate surface area is 70.1 Å². The van der Waals surface area contributed by atoms with Crippen molar-refractivity contribution >= 4 is 12.1 Å². The van der Waals surface area contributed by atoms with Crippen LogP contribution in [-0.4, -0.2) is 24.2 Å². The molecule has 0 spiro atoms. The number of amides is 1. The first-order valence-electron chi connectivity index (χ1n) is 3.46. The molecule has 1 amide bonds. The van der Waals surface area contributed by atoms with Gasteiger partial charge in [0.25, 0.3) is 5.91 Å². The van der Waals surface area contributed by atoms with E-state index < -0.39 is 0 Å². The van der Waals surface area contributed by atoms with Crippen LogP contribution >= 0.6 is 0 Å². The second-order valence-electron chi connectivity index (χ2n) is 2.20. The molecule has 4 heteroatoms. The Morgan fingerprint density at radius 2 is 2.42 bits per heavy atom. The minimum Gasteiger partial charge on any atom is -0.354 e. The molecule has 0 aliphatic rings. The summed E-state index contributed by atoms with van der Waals surface area (Å²) in [6.07, 6.45) is 2.66. The molecule has 0 unspecified atom stereocenters. The highest BCUT2D eigenvalue weighted by Crippen LogP contribution is 1.96. The lowest BCUT2D eigenvalue weighted by molar-refractivity contribution is 0.0958. The molecular formula is C8H9N3O. The van der Waals surface area contributed by atoms with Crippen molar-refractivity contribution in [3.63, 3.8) is 0 Å². The first-order valence-corrected chi connectivity index (χ1v) is 3.46. The summed E-state index contributed by atoms with van der Waals surface area (Å²) in [5.41, 5.74) is 1.05.